The van der Waals surface area contributed by atoms with Gasteiger partial charge in [-0.1, -0.05) is 91.0 Å². The lowest BCUT2D eigenvalue weighted by Gasteiger charge is -2.38. The van der Waals surface area contributed by atoms with Gasteiger partial charge in [-0.3, -0.25) is 4.79 Å². The number of carbonyl (C=O) groups is 1. The number of likely N-dealkylation sites (tertiary alicyclic amines) is 1. The average Bonchev–Trinajstić information content (AvgIpc) is 3.17. The molecule has 0 bridgehead atoms. The van der Waals surface area contributed by atoms with E-state index in [-0.39, 0.29) is 5.91 Å². The minimum Gasteiger partial charge on any atom is -0.303 e. The Kier molecular flexibility index (Phi) is 5.87. The van der Waals surface area contributed by atoms with Crippen molar-refractivity contribution in [3.8, 4) is 0 Å². The molecule has 0 aliphatic carbocycles. The molecule has 5 rings (SSSR count). The predicted octanol–water partition coefficient (Wildman–Crippen LogP) is 4.82. The molecule has 4 heteroatoms. The van der Waals surface area contributed by atoms with Gasteiger partial charge in [-0.25, -0.2) is 5.43 Å². The Hall–Kier alpha value is -3.24. The van der Waals surface area contributed by atoms with E-state index in [9.17, 15) is 4.79 Å². The third-order valence-corrected chi connectivity index (χ3v) is 7.05. The number of piperidine rings is 1. The maximum Gasteiger partial charge on any atom is 0.252 e. The maximum atomic E-state index is 12.8. The number of hydrogen-bond acceptors (Lipinski definition) is 3. The quantitative estimate of drug-likeness (QED) is 0.618. The van der Waals surface area contributed by atoms with E-state index in [0.29, 0.717) is 5.92 Å². The summed E-state index contributed by atoms with van der Waals surface area (Å²) in [6, 6.07) is 31.7. The molecule has 32 heavy (non-hydrogen) atoms. The summed E-state index contributed by atoms with van der Waals surface area (Å²) in [6.45, 7) is 2.84. The molecular formula is C28H29N3O. The van der Waals surface area contributed by atoms with Crippen molar-refractivity contribution in [3.05, 3.63) is 108 Å². The first-order chi connectivity index (χ1) is 15.8. The summed E-state index contributed by atoms with van der Waals surface area (Å²) in [5, 5.41) is 4.44. The fourth-order valence-electron chi connectivity index (χ4n) is 5.20. The summed E-state index contributed by atoms with van der Waals surface area (Å²) >= 11 is 0. The Morgan fingerprint density at radius 2 is 1.34 bits per heavy atom. The number of hydrogen-bond donors (Lipinski definition) is 1. The highest BCUT2D eigenvalue weighted by atomic mass is 16.2. The minimum atomic E-state index is -0.490. The SMILES string of the molecule is O=C1NN=C(c2ccccc2)C12CCN(CCC(c1ccccc1)c1ccccc1)CC2. The Morgan fingerprint density at radius 3 is 1.91 bits per heavy atom. The van der Waals surface area contributed by atoms with E-state index in [1.54, 1.807) is 0 Å². The summed E-state index contributed by atoms with van der Waals surface area (Å²) in [5.41, 5.74) is 6.96. The van der Waals surface area contributed by atoms with Crippen LogP contribution in [0.15, 0.2) is 96.1 Å². The Bertz CT molecular complexity index is 1030. The van der Waals surface area contributed by atoms with Crippen LogP contribution < -0.4 is 5.43 Å². The van der Waals surface area contributed by atoms with Gasteiger partial charge in [0.15, 0.2) is 0 Å². The highest BCUT2D eigenvalue weighted by molar-refractivity contribution is 6.19. The van der Waals surface area contributed by atoms with Gasteiger partial charge in [0.25, 0.3) is 5.91 Å². The zero-order chi connectivity index (χ0) is 21.8. The fraction of sp³-hybridized carbons (Fsp3) is 0.286. The van der Waals surface area contributed by atoms with Crippen molar-refractivity contribution in [3.63, 3.8) is 0 Å². The summed E-state index contributed by atoms with van der Waals surface area (Å²) in [5.74, 6) is 0.437. The van der Waals surface area contributed by atoms with Crippen LogP contribution in [-0.2, 0) is 4.79 Å². The molecule has 0 saturated carbocycles. The van der Waals surface area contributed by atoms with Crippen molar-refractivity contribution < 1.29 is 4.79 Å². The zero-order valence-electron chi connectivity index (χ0n) is 18.3. The van der Waals surface area contributed by atoms with Crippen LogP contribution in [0.2, 0.25) is 0 Å². The van der Waals surface area contributed by atoms with Crippen LogP contribution in [0.5, 0.6) is 0 Å². The molecule has 1 fully saturated rings. The first-order valence-electron chi connectivity index (χ1n) is 11.5. The van der Waals surface area contributed by atoms with Crippen LogP contribution >= 0.6 is 0 Å². The normalized spacial score (nSPS) is 18.0. The van der Waals surface area contributed by atoms with E-state index in [1.165, 1.54) is 11.1 Å². The molecule has 0 aromatic heterocycles. The van der Waals surface area contributed by atoms with Crippen molar-refractivity contribution in [1.29, 1.82) is 0 Å². The van der Waals surface area contributed by atoms with Crippen LogP contribution in [0.25, 0.3) is 0 Å². The highest BCUT2D eigenvalue weighted by Gasteiger charge is 2.49. The first-order valence-corrected chi connectivity index (χ1v) is 11.5. The van der Waals surface area contributed by atoms with Crippen molar-refractivity contribution in [2.45, 2.75) is 25.2 Å². The smallest absolute Gasteiger partial charge is 0.252 e. The molecule has 2 aliphatic heterocycles. The maximum absolute atomic E-state index is 12.8. The van der Waals surface area contributed by atoms with E-state index in [0.717, 1.165) is 50.2 Å². The van der Waals surface area contributed by atoms with Crippen LogP contribution in [0.3, 0.4) is 0 Å². The van der Waals surface area contributed by atoms with Gasteiger partial charge in [-0.2, -0.15) is 5.10 Å². The van der Waals surface area contributed by atoms with Gasteiger partial charge >= 0.3 is 0 Å². The van der Waals surface area contributed by atoms with Gasteiger partial charge in [-0.05, 0) is 55.6 Å². The zero-order valence-corrected chi connectivity index (χ0v) is 18.3. The fourth-order valence-corrected chi connectivity index (χ4v) is 5.20. The van der Waals surface area contributed by atoms with E-state index in [2.05, 4.69) is 88.2 Å². The van der Waals surface area contributed by atoms with Gasteiger partial charge in [0.05, 0.1) is 11.1 Å². The van der Waals surface area contributed by atoms with Crippen molar-refractivity contribution >= 4 is 11.6 Å². The van der Waals surface area contributed by atoms with E-state index in [1.807, 2.05) is 18.2 Å². The van der Waals surface area contributed by atoms with E-state index >= 15 is 0 Å². The van der Waals surface area contributed by atoms with Gasteiger partial charge < -0.3 is 4.90 Å². The lowest BCUT2D eigenvalue weighted by Crippen LogP contribution is -2.48. The summed E-state index contributed by atoms with van der Waals surface area (Å²) in [4.78, 5) is 15.3. The number of nitrogens with zero attached hydrogens (tertiary/aromatic N) is 2. The molecule has 0 atom stereocenters. The largest absolute Gasteiger partial charge is 0.303 e. The molecule has 2 aliphatic rings. The monoisotopic (exact) mass is 423 g/mol. The topological polar surface area (TPSA) is 44.7 Å². The second-order valence-corrected chi connectivity index (χ2v) is 8.85. The number of amides is 1. The van der Waals surface area contributed by atoms with E-state index < -0.39 is 5.41 Å². The third kappa shape index (κ3) is 3.98. The van der Waals surface area contributed by atoms with Gasteiger partial charge in [0.2, 0.25) is 0 Å². The van der Waals surface area contributed by atoms with Crippen molar-refractivity contribution in [2.24, 2.45) is 10.5 Å². The molecule has 3 aromatic rings. The molecule has 3 aromatic carbocycles. The number of nitrogens with one attached hydrogen (secondary N) is 1. The lowest BCUT2D eigenvalue weighted by atomic mass is 9.72. The third-order valence-electron chi connectivity index (χ3n) is 7.05. The second kappa shape index (κ2) is 9.09. The standard InChI is InChI=1S/C28H29N3O/c32-27-28(26(29-30-27)24-14-8-3-9-15-24)17-20-31(21-18-28)19-16-25(22-10-4-1-5-11-22)23-12-6-2-7-13-23/h1-15,25H,16-21H2,(H,30,32). The predicted molar refractivity (Wildman–Crippen MR) is 129 cm³/mol. The molecule has 1 N–H and O–H groups in total. The summed E-state index contributed by atoms with van der Waals surface area (Å²) < 4.78 is 0. The molecule has 2 heterocycles. The number of benzene rings is 3. The van der Waals surface area contributed by atoms with Gasteiger partial charge in [-0.15, -0.1) is 0 Å². The molecule has 162 valence electrons. The molecule has 4 nitrogen and oxygen atoms in total. The lowest BCUT2D eigenvalue weighted by molar-refractivity contribution is -0.128. The highest BCUT2D eigenvalue weighted by Crippen LogP contribution is 2.39. The second-order valence-electron chi connectivity index (χ2n) is 8.85. The Morgan fingerprint density at radius 1 is 0.812 bits per heavy atom. The summed E-state index contributed by atoms with van der Waals surface area (Å²) in [7, 11) is 0. The Labute approximate surface area is 190 Å². The van der Waals surface area contributed by atoms with E-state index in [4.69, 9.17) is 0 Å². The molecular weight excluding hydrogens is 394 g/mol. The number of rotatable bonds is 6. The van der Waals surface area contributed by atoms with Crippen LogP contribution in [0.1, 0.15) is 41.9 Å². The molecule has 1 spiro atoms. The molecule has 0 radical (unpaired) electrons. The van der Waals surface area contributed by atoms with Crippen molar-refractivity contribution in [1.82, 2.24) is 10.3 Å². The average molecular weight is 424 g/mol. The number of carbonyl (C=O) groups excluding carboxylic acids is 1. The first kappa shape index (κ1) is 20.7. The number of hydrazone groups is 1. The van der Waals surface area contributed by atoms with Gasteiger partial charge in [0.1, 0.15) is 0 Å². The van der Waals surface area contributed by atoms with Crippen molar-refractivity contribution in [2.75, 3.05) is 19.6 Å². The van der Waals surface area contributed by atoms with Crippen LogP contribution in [0, 0.1) is 5.41 Å². The molecule has 1 amide bonds. The molecule has 0 unspecified atom stereocenters. The van der Waals surface area contributed by atoms with Gasteiger partial charge in [0, 0.05) is 5.92 Å². The van der Waals surface area contributed by atoms with Crippen LogP contribution in [-0.4, -0.2) is 36.2 Å². The summed E-state index contributed by atoms with van der Waals surface area (Å²) in [6.07, 6.45) is 2.69. The minimum absolute atomic E-state index is 0.0578. The molecule has 1 saturated heterocycles. The van der Waals surface area contributed by atoms with Crippen LogP contribution in [0.4, 0.5) is 0 Å². The Balaban J connectivity index is 1.27.